The number of ether oxygens (including phenoxy) is 1. The second-order valence-corrected chi connectivity index (χ2v) is 5.07. The van der Waals surface area contributed by atoms with Crippen LogP contribution in [-0.4, -0.2) is 21.5 Å². The van der Waals surface area contributed by atoms with Gasteiger partial charge in [-0.15, -0.1) is 0 Å². The first kappa shape index (κ1) is 16.2. The molecule has 1 aromatic carbocycles. The molecular weight excluding hydrogens is 310 g/mol. The maximum absolute atomic E-state index is 12.4. The summed E-state index contributed by atoms with van der Waals surface area (Å²) in [6.45, 7) is -0.666. The van der Waals surface area contributed by atoms with Crippen molar-refractivity contribution in [3.05, 3.63) is 41.7 Å². The fraction of sp³-hybridized carbons (Fsp3) is 0.286. The van der Waals surface area contributed by atoms with Crippen molar-refractivity contribution in [3.8, 4) is 5.75 Å². The lowest BCUT2D eigenvalue weighted by atomic mass is 10.2. The molecule has 5 nitrogen and oxygen atoms in total. The summed E-state index contributed by atoms with van der Waals surface area (Å²) >= 11 is 5.15. The first-order chi connectivity index (χ1) is 10.4. The van der Waals surface area contributed by atoms with Crippen LogP contribution in [0.2, 0.25) is 0 Å². The molecule has 0 saturated carbocycles. The molecule has 118 valence electrons. The SMILES string of the molecule is Cc1ccc(NC(=S)NCc2ccn(C)n2)c(OC(F)F)c1. The van der Waals surface area contributed by atoms with Crippen LogP contribution in [0.3, 0.4) is 0 Å². The number of alkyl halides is 2. The van der Waals surface area contributed by atoms with Gasteiger partial charge in [0.15, 0.2) is 5.11 Å². The van der Waals surface area contributed by atoms with Crippen LogP contribution >= 0.6 is 12.2 Å². The Hall–Kier alpha value is -2.22. The number of thiocarbonyl (C=S) groups is 1. The molecule has 8 heteroatoms. The molecule has 0 saturated heterocycles. The van der Waals surface area contributed by atoms with E-state index in [0.29, 0.717) is 17.3 Å². The molecule has 2 rings (SSSR count). The minimum Gasteiger partial charge on any atom is -0.433 e. The number of nitrogens with one attached hydrogen (secondary N) is 2. The highest BCUT2D eigenvalue weighted by atomic mass is 32.1. The summed E-state index contributed by atoms with van der Waals surface area (Å²) in [5.41, 5.74) is 2.01. The van der Waals surface area contributed by atoms with Crippen LogP contribution < -0.4 is 15.4 Å². The highest BCUT2D eigenvalue weighted by molar-refractivity contribution is 7.80. The Labute approximate surface area is 132 Å². The minimum atomic E-state index is -2.89. The molecule has 0 aliphatic rings. The number of anilines is 1. The van der Waals surface area contributed by atoms with E-state index in [-0.39, 0.29) is 5.75 Å². The zero-order chi connectivity index (χ0) is 16.1. The van der Waals surface area contributed by atoms with Gasteiger partial charge in [-0.3, -0.25) is 4.68 Å². The number of aromatic nitrogens is 2. The van der Waals surface area contributed by atoms with E-state index < -0.39 is 6.61 Å². The Morgan fingerprint density at radius 3 is 2.82 bits per heavy atom. The molecule has 1 heterocycles. The number of nitrogens with zero attached hydrogens (tertiary/aromatic N) is 2. The van der Waals surface area contributed by atoms with Crippen molar-refractivity contribution >= 4 is 23.0 Å². The lowest BCUT2D eigenvalue weighted by Crippen LogP contribution is -2.28. The van der Waals surface area contributed by atoms with E-state index in [4.69, 9.17) is 12.2 Å². The Morgan fingerprint density at radius 2 is 2.18 bits per heavy atom. The standard InChI is InChI=1S/C14H16F2N4OS/c1-9-3-4-11(12(7-9)21-13(15)16)18-14(22)17-8-10-5-6-20(2)19-10/h3-7,13H,8H2,1-2H3,(H2,17,18,22). The predicted octanol–water partition coefficient (Wildman–Crippen LogP) is 2.82. The Balaban J connectivity index is 1.98. The molecule has 1 aromatic heterocycles. The van der Waals surface area contributed by atoms with Gasteiger partial charge in [0.2, 0.25) is 0 Å². The number of aryl methyl sites for hydroxylation is 2. The molecule has 0 bridgehead atoms. The molecule has 0 unspecified atom stereocenters. The van der Waals surface area contributed by atoms with Crippen molar-refractivity contribution in [2.45, 2.75) is 20.1 Å². The van der Waals surface area contributed by atoms with E-state index in [9.17, 15) is 8.78 Å². The lowest BCUT2D eigenvalue weighted by Gasteiger charge is -2.14. The molecule has 0 aliphatic heterocycles. The predicted molar refractivity (Wildman–Crippen MR) is 84.1 cm³/mol. The monoisotopic (exact) mass is 326 g/mol. The molecule has 2 aromatic rings. The Kier molecular flexibility index (Phi) is 5.26. The summed E-state index contributed by atoms with van der Waals surface area (Å²) in [5.74, 6) is 0.0528. The maximum Gasteiger partial charge on any atom is 0.387 e. The molecular formula is C14H16F2N4OS. The van der Waals surface area contributed by atoms with Gasteiger partial charge < -0.3 is 15.4 Å². The molecule has 0 amide bonds. The van der Waals surface area contributed by atoms with Gasteiger partial charge >= 0.3 is 6.61 Å². The molecule has 0 radical (unpaired) electrons. The molecule has 0 aliphatic carbocycles. The average molecular weight is 326 g/mol. The largest absolute Gasteiger partial charge is 0.433 e. The fourth-order valence-electron chi connectivity index (χ4n) is 1.82. The zero-order valence-electron chi connectivity index (χ0n) is 12.1. The molecule has 0 fully saturated rings. The van der Waals surface area contributed by atoms with Crippen LogP contribution in [0.25, 0.3) is 0 Å². The van der Waals surface area contributed by atoms with Crippen molar-refractivity contribution in [3.63, 3.8) is 0 Å². The lowest BCUT2D eigenvalue weighted by molar-refractivity contribution is -0.0493. The molecule has 22 heavy (non-hydrogen) atoms. The van der Waals surface area contributed by atoms with Crippen LogP contribution in [0.15, 0.2) is 30.5 Å². The highest BCUT2D eigenvalue weighted by Gasteiger charge is 2.11. The van der Waals surface area contributed by atoms with Crippen molar-refractivity contribution in [1.82, 2.24) is 15.1 Å². The third-order valence-corrected chi connectivity index (χ3v) is 3.05. The van der Waals surface area contributed by atoms with Crippen LogP contribution in [0.4, 0.5) is 14.5 Å². The van der Waals surface area contributed by atoms with Crippen molar-refractivity contribution in [2.75, 3.05) is 5.32 Å². The quantitative estimate of drug-likeness (QED) is 0.828. The maximum atomic E-state index is 12.4. The van der Waals surface area contributed by atoms with Gasteiger partial charge in [0.05, 0.1) is 17.9 Å². The topological polar surface area (TPSA) is 51.1 Å². The third-order valence-electron chi connectivity index (χ3n) is 2.80. The van der Waals surface area contributed by atoms with E-state index in [1.54, 1.807) is 23.7 Å². The molecule has 2 N–H and O–H groups in total. The second kappa shape index (κ2) is 7.17. The summed E-state index contributed by atoms with van der Waals surface area (Å²) in [6.07, 6.45) is 1.82. The number of halogens is 2. The van der Waals surface area contributed by atoms with E-state index >= 15 is 0 Å². The number of benzene rings is 1. The van der Waals surface area contributed by atoms with Gasteiger partial charge in [-0.2, -0.15) is 13.9 Å². The zero-order valence-corrected chi connectivity index (χ0v) is 13.0. The van der Waals surface area contributed by atoms with Gasteiger partial charge in [-0.1, -0.05) is 6.07 Å². The first-order valence-electron chi connectivity index (χ1n) is 6.53. The third kappa shape index (κ3) is 4.66. The fourth-order valence-corrected chi connectivity index (χ4v) is 2.00. The first-order valence-corrected chi connectivity index (χ1v) is 6.93. The van der Waals surface area contributed by atoms with Gasteiger partial charge in [-0.05, 0) is 42.9 Å². The molecule has 0 atom stereocenters. The van der Waals surface area contributed by atoms with Crippen LogP contribution in [0.5, 0.6) is 5.75 Å². The summed E-state index contributed by atoms with van der Waals surface area (Å²) in [7, 11) is 1.82. The van der Waals surface area contributed by atoms with E-state index in [0.717, 1.165) is 11.3 Å². The highest BCUT2D eigenvalue weighted by Crippen LogP contribution is 2.27. The van der Waals surface area contributed by atoms with Crippen LogP contribution in [0, 0.1) is 6.92 Å². The van der Waals surface area contributed by atoms with E-state index in [1.807, 2.05) is 19.3 Å². The normalized spacial score (nSPS) is 10.6. The Bertz CT molecular complexity index is 660. The van der Waals surface area contributed by atoms with Gasteiger partial charge in [-0.25, -0.2) is 0 Å². The van der Waals surface area contributed by atoms with Crippen LogP contribution in [0.1, 0.15) is 11.3 Å². The van der Waals surface area contributed by atoms with Crippen LogP contribution in [-0.2, 0) is 13.6 Å². The van der Waals surface area contributed by atoms with Crippen molar-refractivity contribution < 1.29 is 13.5 Å². The number of rotatable bonds is 5. The molecule has 0 spiro atoms. The summed E-state index contributed by atoms with van der Waals surface area (Å²) in [6, 6.07) is 6.80. The minimum absolute atomic E-state index is 0.0528. The number of hydrogen-bond acceptors (Lipinski definition) is 3. The van der Waals surface area contributed by atoms with Gasteiger partial charge in [0.25, 0.3) is 0 Å². The smallest absolute Gasteiger partial charge is 0.387 e. The van der Waals surface area contributed by atoms with E-state index in [2.05, 4.69) is 20.5 Å². The summed E-state index contributed by atoms with van der Waals surface area (Å²) in [4.78, 5) is 0. The van der Waals surface area contributed by atoms with Gasteiger partial charge in [0, 0.05) is 13.2 Å². The average Bonchev–Trinajstić information content (AvgIpc) is 2.85. The summed E-state index contributed by atoms with van der Waals surface area (Å²) < 4.78 is 31.0. The second-order valence-electron chi connectivity index (χ2n) is 4.67. The van der Waals surface area contributed by atoms with E-state index in [1.165, 1.54) is 6.07 Å². The summed E-state index contributed by atoms with van der Waals surface area (Å²) in [5, 5.41) is 10.3. The van der Waals surface area contributed by atoms with Crippen molar-refractivity contribution in [2.24, 2.45) is 7.05 Å². The van der Waals surface area contributed by atoms with Gasteiger partial charge in [0.1, 0.15) is 5.75 Å². The number of hydrogen-bond donors (Lipinski definition) is 2. The Morgan fingerprint density at radius 1 is 1.41 bits per heavy atom. The van der Waals surface area contributed by atoms with Crippen molar-refractivity contribution in [1.29, 1.82) is 0 Å².